The van der Waals surface area contributed by atoms with Crippen LogP contribution in [0.3, 0.4) is 0 Å². The van der Waals surface area contributed by atoms with Gasteiger partial charge in [0.15, 0.2) is 5.03 Å². The number of amides is 3. The van der Waals surface area contributed by atoms with Gasteiger partial charge in [-0.25, -0.2) is 23.0 Å². The highest BCUT2D eigenvalue weighted by Crippen LogP contribution is 2.27. The van der Waals surface area contributed by atoms with Crippen LogP contribution in [0, 0.1) is 6.92 Å². The number of pyridine rings is 1. The number of benzene rings is 3. The minimum Gasteiger partial charge on any atom is -0.467 e. The van der Waals surface area contributed by atoms with E-state index in [0.717, 1.165) is 5.56 Å². The molecular formula is C30H26Cl2N4O6S. The van der Waals surface area contributed by atoms with Gasteiger partial charge >= 0.3 is 12.0 Å². The molecule has 3 aromatic carbocycles. The first-order valence-corrected chi connectivity index (χ1v) is 15.0. The number of sulfone groups is 1. The number of nitrogens with one attached hydrogen (secondary N) is 3. The molecule has 13 heteroatoms. The second kappa shape index (κ2) is 13.7. The third-order valence-corrected chi connectivity index (χ3v) is 8.59. The van der Waals surface area contributed by atoms with Gasteiger partial charge in [0.1, 0.15) is 6.04 Å². The van der Waals surface area contributed by atoms with Crippen LogP contribution in [0.1, 0.15) is 21.5 Å². The number of urea groups is 1. The lowest BCUT2D eigenvalue weighted by molar-refractivity contribution is -0.142. The van der Waals surface area contributed by atoms with Crippen LogP contribution in [-0.2, 0) is 25.8 Å². The Morgan fingerprint density at radius 1 is 0.884 bits per heavy atom. The number of nitrogens with zero attached hydrogens (tertiary/aromatic N) is 1. The number of aromatic nitrogens is 1. The number of esters is 1. The summed E-state index contributed by atoms with van der Waals surface area (Å²) in [4.78, 5) is 42.1. The van der Waals surface area contributed by atoms with Crippen molar-refractivity contribution in [1.29, 1.82) is 0 Å². The molecule has 1 atom stereocenters. The van der Waals surface area contributed by atoms with E-state index in [4.69, 9.17) is 27.9 Å². The number of hydrogen-bond acceptors (Lipinski definition) is 7. The summed E-state index contributed by atoms with van der Waals surface area (Å²) in [5, 5.41) is 7.78. The Hall–Kier alpha value is -4.45. The number of rotatable bonds is 9. The number of anilines is 2. The molecule has 0 saturated carbocycles. The van der Waals surface area contributed by atoms with Crippen molar-refractivity contribution in [3.05, 3.63) is 112 Å². The molecule has 0 spiro atoms. The Kier molecular flexibility index (Phi) is 10.0. The van der Waals surface area contributed by atoms with Gasteiger partial charge < -0.3 is 20.7 Å². The summed E-state index contributed by atoms with van der Waals surface area (Å²) < 4.78 is 31.3. The van der Waals surface area contributed by atoms with Gasteiger partial charge in [-0.2, -0.15) is 0 Å². The SMILES string of the molecule is COC(=O)C(Cc1ccc(NC(=O)c2c(Cl)cccc2Cl)cc1)NC(=O)Nc1cccnc1S(=O)(=O)c1ccc(C)cc1. The zero-order valence-corrected chi connectivity index (χ0v) is 25.3. The minimum atomic E-state index is -4.06. The molecule has 1 heterocycles. The minimum absolute atomic E-state index is 0.0160. The molecule has 1 aromatic heterocycles. The Labute approximate surface area is 258 Å². The van der Waals surface area contributed by atoms with E-state index in [1.165, 1.54) is 37.6 Å². The lowest BCUT2D eigenvalue weighted by Crippen LogP contribution is -2.45. The highest BCUT2D eigenvalue weighted by atomic mass is 35.5. The fourth-order valence-electron chi connectivity index (χ4n) is 4.05. The second-order valence-electron chi connectivity index (χ2n) is 9.30. The summed E-state index contributed by atoms with van der Waals surface area (Å²) in [5.74, 6) is -1.21. The van der Waals surface area contributed by atoms with Gasteiger partial charge in [-0.1, -0.05) is 59.1 Å². The zero-order chi connectivity index (χ0) is 31.1. The van der Waals surface area contributed by atoms with Crippen molar-refractivity contribution in [2.45, 2.75) is 29.3 Å². The van der Waals surface area contributed by atoms with E-state index in [0.29, 0.717) is 11.3 Å². The Morgan fingerprint density at radius 3 is 2.16 bits per heavy atom. The predicted octanol–water partition coefficient (Wildman–Crippen LogP) is 5.69. The normalized spacial score (nSPS) is 11.7. The maximum atomic E-state index is 13.2. The molecule has 4 rings (SSSR count). The highest BCUT2D eigenvalue weighted by molar-refractivity contribution is 7.91. The Balaban J connectivity index is 1.46. The largest absolute Gasteiger partial charge is 0.467 e. The molecule has 0 radical (unpaired) electrons. The number of hydrogen-bond donors (Lipinski definition) is 3. The summed E-state index contributed by atoms with van der Waals surface area (Å²) in [6.45, 7) is 1.83. The van der Waals surface area contributed by atoms with Gasteiger partial charge in [0, 0.05) is 18.3 Å². The van der Waals surface area contributed by atoms with E-state index in [1.807, 2.05) is 6.92 Å². The first-order valence-electron chi connectivity index (χ1n) is 12.8. The van der Waals surface area contributed by atoms with Gasteiger partial charge in [-0.15, -0.1) is 0 Å². The average Bonchev–Trinajstić information content (AvgIpc) is 2.97. The molecular weight excluding hydrogens is 615 g/mol. The fraction of sp³-hybridized carbons (Fsp3) is 0.133. The molecule has 1 unspecified atom stereocenters. The smallest absolute Gasteiger partial charge is 0.328 e. The summed E-state index contributed by atoms with van der Waals surface area (Å²) in [5.41, 5.74) is 2.03. The number of carbonyl (C=O) groups is 3. The predicted molar refractivity (Wildman–Crippen MR) is 163 cm³/mol. The molecule has 0 aliphatic rings. The van der Waals surface area contributed by atoms with Crippen molar-refractivity contribution in [2.75, 3.05) is 17.7 Å². The van der Waals surface area contributed by atoms with E-state index in [9.17, 15) is 22.8 Å². The monoisotopic (exact) mass is 640 g/mol. The molecule has 3 amide bonds. The Bertz CT molecular complexity index is 1740. The van der Waals surface area contributed by atoms with E-state index in [2.05, 4.69) is 20.9 Å². The first-order chi connectivity index (χ1) is 20.5. The van der Waals surface area contributed by atoms with Crippen molar-refractivity contribution >= 4 is 62.3 Å². The average molecular weight is 642 g/mol. The summed E-state index contributed by atoms with van der Waals surface area (Å²) in [7, 11) is -2.87. The van der Waals surface area contributed by atoms with Gasteiger partial charge in [-0.3, -0.25) is 4.79 Å². The van der Waals surface area contributed by atoms with Gasteiger partial charge in [0.25, 0.3) is 5.91 Å². The van der Waals surface area contributed by atoms with Crippen LogP contribution in [0.15, 0.2) is 95.0 Å². The van der Waals surface area contributed by atoms with Crippen molar-refractivity contribution in [1.82, 2.24) is 10.3 Å². The molecule has 222 valence electrons. The van der Waals surface area contributed by atoms with Crippen LogP contribution >= 0.6 is 23.2 Å². The maximum Gasteiger partial charge on any atom is 0.328 e. The maximum absolute atomic E-state index is 13.2. The third kappa shape index (κ3) is 7.69. The summed E-state index contributed by atoms with van der Waals surface area (Å²) in [6, 6.07) is 18.4. The molecule has 0 aliphatic heterocycles. The van der Waals surface area contributed by atoms with Gasteiger partial charge in [0.2, 0.25) is 9.84 Å². The fourth-order valence-corrected chi connectivity index (χ4v) is 5.94. The topological polar surface area (TPSA) is 144 Å². The van der Waals surface area contributed by atoms with Crippen LogP contribution in [0.5, 0.6) is 0 Å². The molecule has 4 aromatic rings. The van der Waals surface area contributed by atoms with Crippen molar-refractivity contribution < 1.29 is 27.5 Å². The van der Waals surface area contributed by atoms with Crippen molar-refractivity contribution in [3.63, 3.8) is 0 Å². The van der Waals surface area contributed by atoms with Crippen LogP contribution in [0.25, 0.3) is 0 Å². The number of carbonyl (C=O) groups excluding carboxylic acids is 3. The number of ether oxygens (including phenoxy) is 1. The molecule has 0 aliphatic carbocycles. The molecule has 0 saturated heterocycles. The lowest BCUT2D eigenvalue weighted by Gasteiger charge is -2.18. The molecule has 10 nitrogen and oxygen atoms in total. The summed E-state index contributed by atoms with van der Waals surface area (Å²) >= 11 is 12.2. The van der Waals surface area contributed by atoms with Crippen LogP contribution in [0.4, 0.5) is 16.2 Å². The van der Waals surface area contributed by atoms with Crippen molar-refractivity contribution in [3.8, 4) is 0 Å². The van der Waals surface area contributed by atoms with E-state index in [1.54, 1.807) is 54.6 Å². The van der Waals surface area contributed by atoms with Gasteiger partial charge in [-0.05, 0) is 61.0 Å². The highest BCUT2D eigenvalue weighted by Gasteiger charge is 2.26. The number of aryl methyl sites for hydroxylation is 1. The molecule has 0 bridgehead atoms. The van der Waals surface area contributed by atoms with Crippen LogP contribution < -0.4 is 16.0 Å². The third-order valence-electron chi connectivity index (χ3n) is 6.24. The number of methoxy groups -OCH3 is 1. The molecule has 43 heavy (non-hydrogen) atoms. The standard InChI is InChI=1S/C30H26Cl2N4O6S/c1-18-8-14-21(15-9-18)43(40,41)28-24(7-4-16-33-28)35-30(39)36-25(29(38)42-2)17-19-10-12-20(13-11-19)34-27(37)26-22(31)5-3-6-23(26)32/h3-16,25H,17H2,1-2H3,(H,34,37)(H2,35,36,39). The number of halogens is 2. The second-order valence-corrected chi connectivity index (χ2v) is 12.0. The summed E-state index contributed by atoms with van der Waals surface area (Å²) in [6.07, 6.45) is 1.34. The molecule has 3 N–H and O–H groups in total. The van der Waals surface area contributed by atoms with Crippen LogP contribution in [-0.4, -0.2) is 44.5 Å². The van der Waals surface area contributed by atoms with Crippen LogP contribution in [0.2, 0.25) is 10.0 Å². The van der Waals surface area contributed by atoms with Gasteiger partial charge in [0.05, 0.1) is 33.3 Å². The lowest BCUT2D eigenvalue weighted by atomic mass is 10.1. The van der Waals surface area contributed by atoms with Crippen molar-refractivity contribution in [2.24, 2.45) is 0 Å². The zero-order valence-electron chi connectivity index (χ0n) is 22.9. The molecule has 0 fully saturated rings. The first kappa shape index (κ1) is 31.5. The Morgan fingerprint density at radius 2 is 1.53 bits per heavy atom. The van der Waals surface area contributed by atoms with E-state index < -0.39 is 33.8 Å². The quantitative estimate of drug-likeness (QED) is 0.199. The van der Waals surface area contributed by atoms with E-state index >= 15 is 0 Å². The van der Waals surface area contributed by atoms with E-state index in [-0.39, 0.29) is 37.6 Å².